The Morgan fingerprint density at radius 3 is 2.38 bits per heavy atom. The lowest BCUT2D eigenvalue weighted by molar-refractivity contribution is -0.137. The number of hydrogen-bond acceptors (Lipinski definition) is 2. The van der Waals surface area contributed by atoms with Crippen LogP contribution in [0.4, 0.5) is 18.9 Å². The molecule has 0 saturated heterocycles. The molecule has 2 heterocycles. The van der Waals surface area contributed by atoms with Crippen molar-refractivity contribution < 1.29 is 17.9 Å². The maximum absolute atomic E-state index is 13.3. The van der Waals surface area contributed by atoms with Gasteiger partial charge in [0.05, 0.1) is 11.3 Å². The van der Waals surface area contributed by atoms with Gasteiger partial charge in [0.1, 0.15) is 12.4 Å². The average molecular weight is 495 g/mol. The van der Waals surface area contributed by atoms with Crippen molar-refractivity contribution in [2.45, 2.75) is 12.8 Å². The Morgan fingerprint density at radius 1 is 0.838 bits per heavy atom. The molecule has 5 aromatic rings. The molecular formula is C31H21F3N2O. The SMILES string of the molecule is FC(F)(F)c1ccc(C(=C2C=Nc3ccc(OCc4ccccc4)cc32)c2c[nH]c3ccccc23)cc1. The van der Waals surface area contributed by atoms with Gasteiger partial charge in [-0.2, -0.15) is 13.2 Å². The second-order valence-electron chi connectivity index (χ2n) is 8.82. The minimum atomic E-state index is -4.40. The molecule has 1 aliphatic rings. The molecule has 0 saturated carbocycles. The highest BCUT2D eigenvalue weighted by atomic mass is 19.4. The largest absolute Gasteiger partial charge is 0.489 e. The smallest absolute Gasteiger partial charge is 0.416 e. The second-order valence-corrected chi connectivity index (χ2v) is 8.82. The fourth-order valence-corrected chi connectivity index (χ4v) is 4.64. The molecule has 0 atom stereocenters. The number of nitrogens with zero attached hydrogens (tertiary/aromatic N) is 1. The molecule has 37 heavy (non-hydrogen) atoms. The molecule has 1 aliphatic heterocycles. The van der Waals surface area contributed by atoms with E-state index in [2.05, 4.69) is 9.98 Å². The van der Waals surface area contributed by atoms with Crippen molar-refractivity contribution in [3.05, 3.63) is 131 Å². The van der Waals surface area contributed by atoms with Gasteiger partial charge in [-0.25, -0.2) is 0 Å². The van der Waals surface area contributed by atoms with Gasteiger partial charge >= 0.3 is 6.18 Å². The van der Waals surface area contributed by atoms with Gasteiger partial charge in [-0.3, -0.25) is 4.99 Å². The number of rotatable bonds is 5. The molecule has 1 N–H and O–H groups in total. The van der Waals surface area contributed by atoms with Crippen LogP contribution in [-0.2, 0) is 12.8 Å². The predicted octanol–water partition coefficient (Wildman–Crippen LogP) is 8.44. The van der Waals surface area contributed by atoms with Crippen LogP contribution in [0.5, 0.6) is 5.75 Å². The summed E-state index contributed by atoms with van der Waals surface area (Å²) in [6, 6.07) is 28.8. The van der Waals surface area contributed by atoms with Gasteiger partial charge in [-0.05, 0) is 47.5 Å². The Balaban J connectivity index is 1.48. The topological polar surface area (TPSA) is 37.4 Å². The summed E-state index contributed by atoms with van der Waals surface area (Å²) in [4.78, 5) is 7.89. The molecule has 6 rings (SSSR count). The van der Waals surface area contributed by atoms with Crippen LogP contribution in [0.1, 0.15) is 27.8 Å². The number of aliphatic imine (C=N–C) groups is 1. The van der Waals surface area contributed by atoms with Crippen molar-refractivity contribution in [2.24, 2.45) is 4.99 Å². The molecule has 3 nitrogen and oxygen atoms in total. The summed E-state index contributed by atoms with van der Waals surface area (Å²) in [5.41, 5.74) is 6.15. The van der Waals surface area contributed by atoms with E-state index in [0.717, 1.165) is 56.6 Å². The lowest BCUT2D eigenvalue weighted by atomic mass is 9.89. The quantitative estimate of drug-likeness (QED) is 0.262. The van der Waals surface area contributed by atoms with Crippen molar-refractivity contribution in [2.75, 3.05) is 0 Å². The normalized spacial score (nSPS) is 14.1. The summed E-state index contributed by atoms with van der Waals surface area (Å²) in [5.74, 6) is 0.691. The van der Waals surface area contributed by atoms with Gasteiger partial charge in [-0.1, -0.05) is 60.7 Å². The van der Waals surface area contributed by atoms with Gasteiger partial charge in [-0.15, -0.1) is 0 Å². The highest BCUT2D eigenvalue weighted by molar-refractivity contribution is 6.27. The maximum Gasteiger partial charge on any atom is 0.416 e. The van der Waals surface area contributed by atoms with Gasteiger partial charge in [0.25, 0.3) is 0 Å². The fourth-order valence-electron chi connectivity index (χ4n) is 4.64. The molecule has 0 spiro atoms. The number of alkyl halides is 3. The lowest BCUT2D eigenvalue weighted by Crippen LogP contribution is -2.04. The Labute approximate surface area is 211 Å². The van der Waals surface area contributed by atoms with Gasteiger partial charge in [0.15, 0.2) is 0 Å². The van der Waals surface area contributed by atoms with E-state index in [-0.39, 0.29) is 0 Å². The molecule has 4 aromatic carbocycles. The predicted molar refractivity (Wildman–Crippen MR) is 141 cm³/mol. The summed E-state index contributed by atoms with van der Waals surface area (Å²) in [6.45, 7) is 0.424. The Morgan fingerprint density at radius 2 is 1.59 bits per heavy atom. The molecule has 182 valence electrons. The number of hydrogen-bond donors (Lipinski definition) is 1. The van der Waals surface area contributed by atoms with Crippen LogP contribution in [0, 0.1) is 0 Å². The van der Waals surface area contributed by atoms with Crippen molar-refractivity contribution >= 4 is 34.0 Å². The van der Waals surface area contributed by atoms with E-state index in [0.29, 0.717) is 17.9 Å². The third-order valence-corrected chi connectivity index (χ3v) is 6.47. The summed E-state index contributed by atoms with van der Waals surface area (Å²) in [6.07, 6.45) is -0.730. The molecule has 1 aromatic heterocycles. The van der Waals surface area contributed by atoms with Crippen molar-refractivity contribution in [1.29, 1.82) is 0 Å². The summed E-state index contributed by atoms with van der Waals surface area (Å²) >= 11 is 0. The zero-order valence-corrected chi connectivity index (χ0v) is 19.6. The number of para-hydroxylation sites is 1. The molecule has 6 heteroatoms. The number of nitrogens with one attached hydrogen (secondary N) is 1. The highest BCUT2D eigenvalue weighted by Crippen LogP contribution is 2.43. The lowest BCUT2D eigenvalue weighted by Gasteiger charge is -2.14. The fraction of sp³-hybridized carbons (Fsp3) is 0.0645. The van der Waals surface area contributed by atoms with Crippen LogP contribution in [0.25, 0.3) is 22.0 Å². The molecular weight excluding hydrogens is 473 g/mol. The first-order valence-electron chi connectivity index (χ1n) is 11.8. The van der Waals surface area contributed by atoms with Gasteiger partial charge in [0.2, 0.25) is 0 Å². The van der Waals surface area contributed by atoms with Crippen molar-refractivity contribution in [3.8, 4) is 5.75 Å². The Bertz CT molecular complexity index is 1650. The third-order valence-electron chi connectivity index (χ3n) is 6.47. The highest BCUT2D eigenvalue weighted by Gasteiger charge is 2.30. The van der Waals surface area contributed by atoms with Crippen LogP contribution < -0.4 is 4.74 Å². The van der Waals surface area contributed by atoms with Gasteiger partial charge in [0, 0.05) is 45.6 Å². The maximum atomic E-state index is 13.3. The van der Waals surface area contributed by atoms with Crippen LogP contribution in [0.3, 0.4) is 0 Å². The zero-order valence-electron chi connectivity index (χ0n) is 19.6. The Hall–Kier alpha value is -4.58. The second kappa shape index (κ2) is 9.13. The van der Waals surface area contributed by atoms with E-state index in [1.807, 2.05) is 79.0 Å². The first-order chi connectivity index (χ1) is 18.0. The minimum absolute atomic E-state index is 0.424. The molecule has 0 radical (unpaired) electrons. The summed E-state index contributed by atoms with van der Waals surface area (Å²) in [5, 5.41) is 0.975. The van der Waals surface area contributed by atoms with E-state index in [9.17, 15) is 13.2 Å². The monoisotopic (exact) mass is 494 g/mol. The molecule has 0 aliphatic carbocycles. The molecule has 0 unspecified atom stereocenters. The van der Waals surface area contributed by atoms with Crippen LogP contribution >= 0.6 is 0 Å². The van der Waals surface area contributed by atoms with E-state index in [1.54, 1.807) is 6.21 Å². The number of allylic oxidation sites excluding steroid dienone is 1. The summed E-state index contributed by atoms with van der Waals surface area (Å²) < 4.78 is 45.9. The van der Waals surface area contributed by atoms with Crippen molar-refractivity contribution in [3.63, 3.8) is 0 Å². The first kappa shape index (κ1) is 22.9. The third kappa shape index (κ3) is 4.42. The van der Waals surface area contributed by atoms with Crippen molar-refractivity contribution in [1.82, 2.24) is 4.98 Å². The average Bonchev–Trinajstić information content (AvgIpc) is 3.53. The van der Waals surface area contributed by atoms with E-state index >= 15 is 0 Å². The number of aromatic amines is 1. The van der Waals surface area contributed by atoms with E-state index < -0.39 is 11.7 Å². The van der Waals surface area contributed by atoms with Gasteiger partial charge < -0.3 is 9.72 Å². The number of aromatic nitrogens is 1. The standard InChI is InChI=1S/C31H21F3N2O/c32-31(33,34)22-12-10-21(11-13-22)30(26-17-35-28-9-5-4-8-24(26)28)27-18-36-29-15-14-23(16-25(27)29)37-19-20-6-2-1-3-7-20/h1-18,35H,19H2. The number of benzene rings is 4. The van der Waals surface area contributed by atoms with Crippen LogP contribution in [-0.4, -0.2) is 11.2 Å². The zero-order chi connectivity index (χ0) is 25.4. The van der Waals surface area contributed by atoms with Crippen LogP contribution in [0.2, 0.25) is 0 Å². The number of halogens is 3. The molecule has 0 bridgehead atoms. The van der Waals surface area contributed by atoms with E-state index in [4.69, 9.17) is 4.74 Å². The van der Waals surface area contributed by atoms with Crippen LogP contribution in [0.15, 0.2) is 108 Å². The minimum Gasteiger partial charge on any atom is -0.489 e. The molecule has 0 fully saturated rings. The Kier molecular flexibility index (Phi) is 5.64. The first-order valence-corrected chi connectivity index (χ1v) is 11.8. The molecule has 0 amide bonds. The summed E-state index contributed by atoms with van der Waals surface area (Å²) in [7, 11) is 0. The number of ether oxygens (including phenoxy) is 1. The number of fused-ring (bicyclic) bond motifs is 2. The number of H-pyrrole nitrogens is 1. The van der Waals surface area contributed by atoms with E-state index in [1.165, 1.54) is 12.1 Å².